The highest BCUT2D eigenvalue weighted by molar-refractivity contribution is 5.75. The second-order valence-electron chi connectivity index (χ2n) is 5.03. The zero-order valence-corrected chi connectivity index (χ0v) is 11.9. The first-order chi connectivity index (χ1) is 9.69. The van der Waals surface area contributed by atoms with Crippen molar-refractivity contribution >= 4 is 11.6 Å². The van der Waals surface area contributed by atoms with Gasteiger partial charge < -0.3 is 20.5 Å². The molecule has 1 aliphatic heterocycles. The number of nitrogens with one attached hydrogen (secondary N) is 1. The SMILES string of the molecule is COc1ccc(CNC(=O)CCC2CCCO2)cc1N. The fourth-order valence-electron chi connectivity index (χ4n) is 2.35. The van der Waals surface area contributed by atoms with Crippen LogP contribution in [-0.2, 0) is 16.1 Å². The lowest BCUT2D eigenvalue weighted by Crippen LogP contribution is -2.24. The highest BCUT2D eigenvalue weighted by Crippen LogP contribution is 2.21. The lowest BCUT2D eigenvalue weighted by atomic mass is 10.1. The van der Waals surface area contributed by atoms with Gasteiger partial charge >= 0.3 is 0 Å². The molecule has 20 heavy (non-hydrogen) atoms. The Morgan fingerprint density at radius 2 is 2.40 bits per heavy atom. The molecule has 0 spiro atoms. The molecule has 1 aromatic carbocycles. The summed E-state index contributed by atoms with van der Waals surface area (Å²) in [6, 6.07) is 5.53. The first kappa shape index (κ1) is 14.7. The molecule has 1 fully saturated rings. The Hall–Kier alpha value is -1.75. The molecular weight excluding hydrogens is 256 g/mol. The third-order valence-corrected chi connectivity index (χ3v) is 3.50. The number of ether oxygens (including phenoxy) is 2. The summed E-state index contributed by atoms with van der Waals surface area (Å²) in [6.07, 6.45) is 3.75. The van der Waals surface area contributed by atoms with Crippen LogP contribution >= 0.6 is 0 Å². The Labute approximate surface area is 119 Å². The van der Waals surface area contributed by atoms with Crippen molar-refractivity contribution in [2.24, 2.45) is 0 Å². The van der Waals surface area contributed by atoms with E-state index < -0.39 is 0 Å². The van der Waals surface area contributed by atoms with Crippen LogP contribution in [0.5, 0.6) is 5.75 Å². The predicted molar refractivity (Wildman–Crippen MR) is 77.5 cm³/mol. The molecule has 1 saturated heterocycles. The van der Waals surface area contributed by atoms with Crippen molar-refractivity contribution in [2.75, 3.05) is 19.5 Å². The number of nitrogens with two attached hydrogens (primary N) is 1. The molecule has 3 N–H and O–H groups in total. The molecule has 1 aromatic rings. The minimum Gasteiger partial charge on any atom is -0.495 e. The van der Waals surface area contributed by atoms with Crippen molar-refractivity contribution in [2.45, 2.75) is 38.3 Å². The highest BCUT2D eigenvalue weighted by atomic mass is 16.5. The third-order valence-electron chi connectivity index (χ3n) is 3.50. The minimum atomic E-state index is 0.0508. The molecule has 5 heteroatoms. The van der Waals surface area contributed by atoms with Crippen molar-refractivity contribution < 1.29 is 14.3 Å². The van der Waals surface area contributed by atoms with Gasteiger partial charge in [0.2, 0.25) is 5.91 Å². The van der Waals surface area contributed by atoms with Crippen molar-refractivity contribution in [1.82, 2.24) is 5.32 Å². The smallest absolute Gasteiger partial charge is 0.220 e. The van der Waals surface area contributed by atoms with E-state index in [1.807, 2.05) is 18.2 Å². The van der Waals surface area contributed by atoms with E-state index in [-0.39, 0.29) is 12.0 Å². The summed E-state index contributed by atoms with van der Waals surface area (Å²) in [5, 5.41) is 2.90. The first-order valence-corrected chi connectivity index (χ1v) is 6.99. The van der Waals surface area contributed by atoms with Crippen molar-refractivity contribution in [3.8, 4) is 5.75 Å². The minimum absolute atomic E-state index is 0.0508. The predicted octanol–water partition coefficient (Wildman–Crippen LogP) is 1.85. The van der Waals surface area contributed by atoms with Gasteiger partial charge in [-0.05, 0) is 37.0 Å². The molecule has 0 radical (unpaired) electrons. The van der Waals surface area contributed by atoms with Crippen LogP contribution in [-0.4, -0.2) is 25.7 Å². The maximum absolute atomic E-state index is 11.8. The number of benzene rings is 1. The van der Waals surface area contributed by atoms with Gasteiger partial charge in [0, 0.05) is 19.6 Å². The Morgan fingerprint density at radius 1 is 1.55 bits per heavy atom. The van der Waals surface area contributed by atoms with E-state index in [1.54, 1.807) is 7.11 Å². The quantitative estimate of drug-likeness (QED) is 0.779. The number of methoxy groups -OCH3 is 1. The molecule has 0 bridgehead atoms. The van der Waals surface area contributed by atoms with Crippen molar-refractivity contribution in [3.63, 3.8) is 0 Å². The monoisotopic (exact) mass is 278 g/mol. The number of rotatable bonds is 6. The summed E-state index contributed by atoms with van der Waals surface area (Å²) in [5.41, 5.74) is 7.37. The number of amides is 1. The summed E-state index contributed by atoms with van der Waals surface area (Å²) in [5.74, 6) is 0.702. The molecule has 1 aliphatic rings. The highest BCUT2D eigenvalue weighted by Gasteiger charge is 2.16. The van der Waals surface area contributed by atoms with E-state index in [0.717, 1.165) is 31.4 Å². The number of anilines is 1. The number of nitrogen functional groups attached to an aromatic ring is 1. The molecule has 0 aromatic heterocycles. The van der Waals surface area contributed by atoms with Crippen LogP contribution in [0.4, 0.5) is 5.69 Å². The van der Waals surface area contributed by atoms with Crippen molar-refractivity contribution in [3.05, 3.63) is 23.8 Å². The van der Waals surface area contributed by atoms with Gasteiger partial charge in [-0.15, -0.1) is 0 Å². The summed E-state index contributed by atoms with van der Waals surface area (Å²) in [7, 11) is 1.58. The van der Waals surface area contributed by atoms with Crippen LogP contribution in [0.1, 0.15) is 31.2 Å². The Morgan fingerprint density at radius 3 is 3.05 bits per heavy atom. The normalized spacial score (nSPS) is 17.9. The van der Waals surface area contributed by atoms with Gasteiger partial charge in [0.25, 0.3) is 0 Å². The summed E-state index contributed by atoms with van der Waals surface area (Å²) < 4.78 is 10.6. The van der Waals surface area contributed by atoms with E-state index >= 15 is 0 Å². The van der Waals surface area contributed by atoms with E-state index in [1.165, 1.54) is 0 Å². The second kappa shape index (κ2) is 7.14. The van der Waals surface area contributed by atoms with Gasteiger partial charge in [0.1, 0.15) is 5.75 Å². The summed E-state index contributed by atoms with van der Waals surface area (Å²) >= 11 is 0. The standard InChI is InChI=1S/C15H22N2O3/c1-19-14-6-4-11(9-13(14)16)10-17-15(18)7-5-12-3-2-8-20-12/h4,6,9,12H,2-3,5,7-8,10,16H2,1H3,(H,17,18). The van der Waals surface area contributed by atoms with E-state index in [0.29, 0.717) is 24.4 Å². The van der Waals surface area contributed by atoms with Gasteiger partial charge in [0.15, 0.2) is 0 Å². The van der Waals surface area contributed by atoms with Crippen LogP contribution in [0.25, 0.3) is 0 Å². The fourth-order valence-corrected chi connectivity index (χ4v) is 2.35. The van der Waals surface area contributed by atoms with Crippen LogP contribution in [0.3, 0.4) is 0 Å². The molecule has 2 rings (SSSR count). The Balaban J connectivity index is 1.73. The lowest BCUT2D eigenvalue weighted by Gasteiger charge is -2.10. The number of carbonyl (C=O) groups is 1. The van der Waals surface area contributed by atoms with Crippen molar-refractivity contribution in [1.29, 1.82) is 0 Å². The topological polar surface area (TPSA) is 73.6 Å². The molecule has 1 atom stereocenters. The zero-order valence-electron chi connectivity index (χ0n) is 11.9. The maximum atomic E-state index is 11.8. The lowest BCUT2D eigenvalue weighted by molar-refractivity contribution is -0.121. The average molecular weight is 278 g/mol. The largest absolute Gasteiger partial charge is 0.495 e. The molecule has 110 valence electrons. The first-order valence-electron chi connectivity index (χ1n) is 6.99. The van der Waals surface area contributed by atoms with E-state index in [4.69, 9.17) is 15.2 Å². The molecule has 5 nitrogen and oxygen atoms in total. The fraction of sp³-hybridized carbons (Fsp3) is 0.533. The van der Waals surface area contributed by atoms with Gasteiger partial charge in [-0.3, -0.25) is 4.79 Å². The van der Waals surface area contributed by atoms with E-state index in [2.05, 4.69) is 5.32 Å². The zero-order chi connectivity index (χ0) is 14.4. The second-order valence-corrected chi connectivity index (χ2v) is 5.03. The molecule has 1 unspecified atom stereocenters. The summed E-state index contributed by atoms with van der Waals surface area (Å²) in [6.45, 7) is 1.32. The molecule has 0 aliphatic carbocycles. The Kier molecular flexibility index (Phi) is 5.24. The van der Waals surface area contributed by atoms with Crippen LogP contribution in [0, 0.1) is 0 Å². The van der Waals surface area contributed by atoms with Gasteiger partial charge in [-0.2, -0.15) is 0 Å². The van der Waals surface area contributed by atoms with Gasteiger partial charge in [-0.25, -0.2) is 0 Å². The molecule has 1 heterocycles. The third kappa shape index (κ3) is 4.13. The van der Waals surface area contributed by atoms with E-state index in [9.17, 15) is 4.79 Å². The van der Waals surface area contributed by atoms with Crippen LogP contribution < -0.4 is 15.8 Å². The number of hydrogen-bond donors (Lipinski definition) is 2. The number of carbonyl (C=O) groups excluding carboxylic acids is 1. The number of hydrogen-bond acceptors (Lipinski definition) is 4. The maximum Gasteiger partial charge on any atom is 0.220 e. The van der Waals surface area contributed by atoms with Crippen LogP contribution in [0.15, 0.2) is 18.2 Å². The van der Waals surface area contributed by atoms with Gasteiger partial charge in [0.05, 0.1) is 18.9 Å². The van der Waals surface area contributed by atoms with Crippen LogP contribution in [0.2, 0.25) is 0 Å². The average Bonchev–Trinajstić information content (AvgIpc) is 2.96. The Bertz CT molecular complexity index is 456. The molecular formula is C15H22N2O3. The summed E-state index contributed by atoms with van der Waals surface area (Å²) in [4.78, 5) is 11.8. The molecule has 0 saturated carbocycles. The molecule has 1 amide bonds. The van der Waals surface area contributed by atoms with Gasteiger partial charge in [-0.1, -0.05) is 6.07 Å².